The summed E-state index contributed by atoms with van der Waals surface area (Å²) in [6, 6.07) is 60.2. The molecule has 6 aliphatic rings. The van der Waals surface area contributed by atoms with E-state index < -0.39 is 0 Å². The summed E-state index contributed by atoms with van der Waals surface area (Å²) in [5, 5.41) is 2.67. The van der Waals surface area contributed by atoms with Gasteiger partial charge in [-0.25, -0.2) is 0 Å². The van der Waals surface area contributed by atoms with Crippen molar-refractivity contribution in [1.29, 1.82) is 0 Å². The smallest absolute Gasteiger partial charge is 0.0475 e. The van der Waals surface area contributed by atoms with E-state index in [2.05, 4.69) is 195 Å². The quantitative estimate of drug-likeness (QED) is 0.155. The molecule has 1 atom stereocenters. The molecule has 14 rings (SSSR count). The third kappa shape index (κ3) is 5.80. The predicted octanol–water partition coefficient (Wildman–Crippen LogP) is 16.7. The van der Waals surface area contributed by atoms with E-state index in [1.165, 1.54) is 114 Å². The zero-order chi connectivity index (χ0) is 41.9. The normalized spacial score (nSPS) is 25.1. The van der Waals surface area contributed by atoms with Crippen molar-refractivity contribution in [2.45, 2.75) is 64.2 Å². The van der Waals surface area contributed by atoms with Crippen molar-refractivity contribution in [1.82, 2.24) is 0 Å². The Labute approximate surface area is 376 Å². The van der Waals surface area contributed by atoms with Crippen LogP contribution in [0.3, 0.4) is 0 Å². The van der Waals surface area contributed by atoms with Crippen LogP contribution in [0.2, 0.25) is 0 Å². The fourth-order valence-electron chi connectivity index (χ4n) is 13.8. The van der Waals surface area contributed by atoms with E-state index in [-0.39, 0.29) is 10.8 Å². The molecule has 4 saturated carbocycles. The second-order valence-electron chi connectivity index (χ2n) is 20.1. The van der Waals surface area contributed by atoms with Gasteiger partial charge in [0.05, 0.1) is 0 Å². The van der Waals surface area contributed by atoms with Crippen LogP contribution in [0.4, 0.5) is 11.4 Å². The summed E-state index contributed by atoms with van der Waals surface area (Å²) in [6.45, 7) is 4.65. The Morgan fingerprint density at radius 3 is 2.00 bits per heavy atom. The van der Waals surface area contributed by atoms with Crippen LogP contribution in [-0.4, -0.2) is 0 Å². The highest BCUT2D eigenvalue weighted by molar-refractivity contribution is 7.25. The molecule has 0 radical (unpaired) electrons. The van der Waals surface area contributed by atoms with E-state index in [0.717, 1.165) is 36.5 Å². The summed E-state index contributed by atoms with van der Waals surface area (Å²) in [5.41, 5.74) is 18.1. The van der Waals surface area contributed by atoms with E-state index in [9.17, 15) is 0 Å². The molecule has 0 N–H and O–H groups in total. The first-order valence-electron chi connectivity index (χ1n) is 23.5. The number of rotatable bonds is 7. The molecule has 0 aliphatic heterocycles. The van der Waals surface area contributed by atoms with Gasteiger partial charge in [0.15, 0.2) is 0 Å². The molecular weight excluding hydrogens is 779 g/mol. The standard InChI is InChI=1S/C61H53NS/c1-39-12-3-5-14-49(39)50-15-6-4-13-43(50)38-60(2)30-28-47(29-31-60)62(48-26-27-53-52-16-8-10-21-57(52)63-58(53)37-48)46-24-22-42(23-25-46)51-18-11-20-56-59(51)54-17-7-9-19-55(54)61(56)44-33-40-32-41(35-44)36-45(61)34-40/h3-30,37,40-41,44-45H,31-36,38H2,1-2H3. The summed E-state index contributed by atoms with van der Waals surface area (Å²) in [6.07, 6.45) is 16.4. The molecular formula is C61H53NS. The first-order valence-corrected chi connectivity index (χ1v) is 24.3. The van der Waals surface area contributed by atoms with Crippen molar-refractivity contribution >= 4 is 42.9 Å². The van der Waals surface area contributed by atoms with Crippen molar-refractivity contribution in [3.63, 3.8) is 0 Å². The highest BCUT2D eigenvalue weighted by atomic mass is 32.1. The molecule has 63 heavy (non-hydrogen) atoms. The molecule has 1 heterocycles. The largest absolute Gasteiger partial charge is 0.311 e. The van der Waals surface area contributed by atoms with Gasteiger partial charge in [0.1, 0.15) is 0 Å². The number of hydrogen-bond donors (Lipinski definition) is 0. The van der Waals surface area contributed by atoms with E-state index in [1.807, 2.05) is 11.3 Å². The predicted molar refractivity (Wildman–Crippen MR) is 267 cm³/mol. The van der Waals surface area contributed by atoms with Gasteiger partial charge in [-0.2, -0.15) is 0 Å². The Morgan fingerprint density at radius 1 is 0.571 bits per heavy atom. The maximum atomic E-state index is 2.53. The maximum absolute atomic E-state index is 2.53. The van der Waals surface area contributed by atoms with Crippen molar-refractivity contribution in [2.75, 3.05) is 4.90 Å². The summed E-state index contributed by atoms with van der Waals surface area (Å²) < 4.78 is 2.66. The van der Waals surface area contributed by atoms with Gasteiger partial charge in [0.25, 0.3) is 0 Å². The average Bonchev–Trinajstić information content (AvgIpc) is 3.83. The zero-order valence-corrected chi connectivity index (χ0v) is 37.2. The van der Waals surface area contributed by atoms with Crippen molar-refractivity contribution < 1.29 is 0 Å². The lowest BCUT2D eigenvalue weighted by Gasteiger charge is -2.61. The number of anilines is 2. The van der Waals surface area contributed by atoms with E-state index in [1.54, 1.807) is 11.1 Å². The summed E-state index contributed by atoms with van der Waals surface area (Å²) in [5.74, 6) is 3.41. The first-order chi connectivity index (χ1) is 30.9. The van der Waals surface area contributed by atoms with Crippen LogP contribution in [0.25, 0.3) is 53.6 Å². The van der Waals surface area contributed by atoms with Gasteiger partial charge in [0.2, 0.25) is 0 Å². The molecule has 1 aromatic heterocycles. The minimum atomic E-state index is -0.00808. The van der Waals surface area contributed by atoms with Crippen molar-refractivity contribution in [3.8, 4) is 33.4 Å². The summed E-state index contributed by atoms with van der Waals surface area (Å²) >= 11 is 1.90. The molecule has 6 aliphatic carbocycles. The third-order valence-corrected chi connectivity index (χ3v) is 17.5. The molecule has 1 unspecified atom stereocenters. The number of fused-ring (bicyclic) bond motifs is 6. The molecule has 4 bridgehead atoms. The molecule has 4 fully saturated rings. The minimum absolute atomic E-state index is 0.00808. The molecule has 7 aromatic carbocycles. The number of hydrogen-bond acceptors (Lipinski definition) is 2. The topological polar surface area (TPSA) is 3.24 Å². The fourth-order valence-corrected chi connectivity index (χ4v) is 15.0. The van der Waals surface area contributed by atoms with Crippen LogP contribution in [0.15, 0.2) is 182 Å². The Morgan fingerprint density at radius 2 is 1.22 bits per heavy atom. The van der Waals surface area contributed by atoms with Crippen LogP contribution in [0, 0.1) is 36.0 Å². The number of nitrogens with zero attached hydrogens (tertiary/aromatic N) is 1. The highest BCUT2D eigenvalue weighted by Gasteiger charge is 2.61. The van der Waals surface area contributed by atoms with Crippen LogP contribution in [0.5, 0.6) is 0 Å². The van der Waals surface area contributed by atoms with Crippen LogP contribution in [-0.2, 0) is 11.8 Å². The highest BCUT2D eigenvalue weighted by Crippen LogP contribution is 2.70. The van der Waals surface area contributed by atoms with Gasteiger partial charge in [-0.3, -0.25) is 0 Å². The Balaban J connectivity index is 0.881. The van der Waals surface area contributed by atoms with Gasteiger partial charge >= 0.3 is 0 Å². The maximum Gasteiger partial charge on any atom is 0.0475 e. The summed E-state index contributed by atoms with van der Waals surface area (Å²) in [4.78, 5) is 2.50. The third-order valence-electron chi connectivity index (χ3n) is 16.4. The molecule has 308 valence electrons. The molecule has 0 saturated heterocycles. The van der Waals surface area contributed by atoms with Gasteiger partial charge in [-0.1, -0.05) is 146 Å². The van der Waals surface area contributed by atoms with Crippen molar-refractivity contribution in [2.24, 2.45) is 29.1 Å². The minimum Gasteiger partial charge on any atom is -0.311 e. The Hall–Kier alpha value is -5.96. The molecule has 1 nitrogen and oxygen atoms in total. The average molecular weight is 832 g/mol. The van der Waals surface area contributed by atoms with Crippen LogP contribution in [0.1, 0.15) is 67.7 Å². The molecule has 1 spiro atoms. The van der Waals surface area contributed by atoms with E-state index in [0.29, 0.717) is 0 Å². The monoisotopic (exact) mass is 831 g/mol. The number of aryl methyl sites for hydroxylation is 1. The Kier molecular flexibility index (Phi) is 8.52. The fraction of sp³-hybridized carbons (Fsp3) is 0.246. The molecule has 2 heteroatoms. The van der Waals surface area contributed by atoms with E-state index >= 15 is 0 Å². The molecule has 8 aromatic rings. The first kappa shape index (κ1) is 37.6. The lowest BCUT2D eigenvalue weighted by atomic mass is 9.43. The van der Waals surface area contributed by atoms with Crippen LogP contribution < -0.4 is 4.90 Å². The SMILES string of the molecule is Cc1ccccc1-c1ccccc1CC1(C)C=CC(N(c2ccc(-c3cccc4c3-c3ccccc3C43C4CC5CC(C4)CC3C5)cc2)c2ccc3c(c2)sc2ccccc23)=CC1. The van der Waals surface area contributed by atoms with E-state index in [4.69, 9.17) is 0 Å². The number of thiophene rings is 1. The lowest BCUT2D eigenvalue weighted by molar-refractivity contribution is -0.0399. The zero-order valence-electron chi connectivity index (χ0n) is 36.4. The van der Waals surface area contributed by atoms with Gasteiger partial charge < -0.3 is 4.90 Å². The second-order valence-corrected chi connectivity index (χ2v) is 21.2. The van der Waals surface area contributed by atoms with Gasteiger partial charge in [-0.05, 0) is 173 Å². The second kappa shape index (κ2) is 14.3. The summed E-state index contributed by atoms with van der Waals surface area (Å²) in [7, 11) is 0. The Bertz CT molecular complexity index is 3150. The molecule has 0 amide bonds. The van der Waals surface area contributed by atoms with Gasteiger partial charge in [0, 0.05) is 42.7 Å². The lowest BCUT2D eigenvalue weighted by Crippen LogP contribution is -2.55. The van der Waals surface area contributed by atoms with Gasteiger partial charge in [-0.15, -0.1) is 11.3 Å². The number of allylic oxidation sites excluding steroid dienone is 3. The van der Waals surface area contributed by atoms with Crippen LogP contribution >= 0.6 is 11.3 Å². The number of benzene rings is 7. The van der Waals surface area contributed by atoms with Crippen molar-refractivity contribution in [3.05, 3.63) is 204 Å².